The van der Waals surface area contributed by atoms with Gasteiger partial charge in [0.15, 0.2) is 5.84 Å². The van der Waals surface area contributed by atoms with Crippen LogP contribution in [-0.4, -0.2) is 32.5 Å². The Morgan fingerprint density at radius 1 is 1.25 bits per heavy atom. The third-order valence-corrected chi connectivity index (χ3v) is 4.95. The highest BCUT2D eigenvalue weighted by atomic mass is 32.2. The van der Waals surface area contributed by atoms with Crippen LogP contribution >= 0.6 is 11.3 Å². The molecule has 5 nitrogen and oxygen atoms in total. The Labute approximate surface area is 120 Å². The van der Waals surface area contributed by atoms with Crippen molar-refractivity contribution >= 4 is 33.4 Å². The van der Waals surface area contributed by atoms with Crippen molar-refractivity contribution in [2.75, 3.05) is 7.05 Å². The van der Waals surface area contributed by atoms with Crippen molar-refractivity contribution in [2.24, 2.45) is 9.50 Å². The summed E-state index contributed by atoms with van der Waals surface area (Å²) in [7, 11) is -1.92. The first-order valence-electron chi connectivity index (χ1n) is 5.83. The number of fused-ring (bicyclic) bond motifs is 1. The maximum atomic E-state index is 11.9. The standard InChI is InChI=1S/C13H11N3O2S2/c1-16(14-9-10-5-4-8-19-10)13-11-6-2-3-7-12(11)20(17,18)15-13/h2-9H,1H3. The van der Waals surface area contributed by atoms with Gasteiger partial charge in [0, 0.05) is 17.5 Å². The van der Waals surface area contributed by atoms with Gasteiger partial charge in [0.2, 0.25) is 0 Å². The molecule has 2 aromatic rings. The molecule has 1 aromatic heterocycles. The van der Waals surface area contributed by atoms with Gasteiger partial charge in [-0.15, -0.1) is 15.7 Å². The summed E-state index contributed by atoms with van der Waals surface area (Å²) in [6.07, 6.45) is 1.68. The van der Waals surface area contributed by atoms with Crippen molar-refractivity contribution in [3.63, 3.8) is 0 Å². The Balaban J connectivity index is 1.95. The van der Waals surface area contributed by atoms with E-state index in [1.165, 1.54) is 5.01 Å². The summed E-state index contributed by atoms with van der Waals surface area (Å²) in [6, 6.07) is 10.6. The van der Waals surface area contributed by atoms with Crippen LogP contribution in [0, 0.1) is 0 Å². The third kappa shape index (κ3) is 2.25. The summed E-state index contributed by atoms with van der Waals surface area (Å²) in [5.74, 6) is 0.341. The quantitative estimate of drug-likeness (QED) is 0.631. The fourth-order valence-corrected chi connectivity index (χ4v) is 3.69. The van der Waals surface area contributed by atoms with E-state index in [0.717, 1.165) is 4.88 Å². The number of benzene rings is 1. The van der Waals surface area contributed by atoms with Crippen molar-refractivity contribution in [2.45, 2.75) is 4.90 Å². The minimum atomic E-state index is -3.60. The van der Waals surface area contributed by atoms with Gasteiger partial charge in [-0.1, -0.05) is 18.2 Å². The highest BCUT2D eigenvalue weighted by Gasteiger charge is 2.30. The Morgan fingerprint density at radius 2 is 2.05 bits per heavy atom. The van der Waals surface area contributed by atoms with E-state index in [0.29, 0.717) is 11.4 Å². The van der Waals surface area contributed by atoms with Crippen LogP contribution in [0.4, 0.5) is 0 Å². The number of hydrogen-bond acceptors (Lipinski definition) is 5. The molecule has 0 saturated carbocycles. The molecule has 0 atom stereocenters. The van der Waals surface area contributed by atoms with Crippen molar-refractivity contribution in [1.82, 2.24) is 5.01 Å². The van der Waals surface area contributed by atoms with Gasteiger partial charge >= 0.3 is 0 Å². The highest BCUT2D eigenvalue weighted by molar-refractivity contribution is 7.90. The van der Waals surface area contributed by atoms with Gasteiger partial charge in [0.25, 0.3) is 10.0 Å². The molecule has 0 spiro atoms. The summed E-state index contributed by atoms with van der Waals surface area (Å²) in [5, 5.41) is 7.66. The minimum absolute atomic E-state index is 0.230. The van der Waals surface area contributed by atoms with Crippen LogP contribution in [0.1, 0.15) is 10.4 Å². The molecule has 1 aromatic carbocycles. The number of nitrogens with zero attached hydrogens (tertiary/aromatic N) is 3. The molecular formula is C13H11N3O2S2. The van der Waals surface area contributed by atoms with Gasteiger partial charge in [0.1, 0.15) is 4.90 Å². The van der Waals surface area contributed by atoms with Crippen LogP contribution in [0.2, 0.25) is 0 Å². The van der Waals surface area contributed by atoms with E-state index in [9.17, 15) is 8.42 Å². The second-order valence-corrected chi connectivity index (χ2v) is 6.72. The zero-order valence-corrected chi connectivity index (χ0v) is 12.2. The fourth-order valence-electron chi connectivity index (χ4n) is 1.88. The zero-order valence-electron chi connectivity index (χ0n) is 10.6. The van der Waals surface area contributed by atoms with E-state index in [1.54, 1.807) is 48.9 Å². The molecular weight excluding hydrogens is 294 g/mol. The molecule has 1 aliphatic rings. The predicted molar refractivity (Wildman–Crippen MR) is 79.8 cm³/mol. The second kappa shape index (κ2) is 4.84. The SMILES string of the molecule is CN(N=Cc1cccs1)C1=NS(=O)(=O)c2ccccc21. The van der Waals surface area contributed by atoms with Crippen molar-refractivity contribution in [3.8, 4) is 0 Å². The maximum absolute atomic E-state index is 11.9. The molecule has 0 fully saturated rings. The lowest BCUT2D eigenvalue weighted by atomic mass is 10.2. The number of thiophene rings is 1. The number of hydrogen-bond donors (Lipinski definition) is 0. The van der Waals surface area contributed by atoms with Crippen LogP contribution in [-0.2, 0) is 10.0 Å². The van der Waals surface area contributed by atoms with Gasteiger partial charge in [-0.25, -0.2) is 5.01 Å². The number of rotatable bonds is 2. The lowest BCUT2D eigenvalue weighted by Crippen LogP contribution is -2.21. The number of sulfonamides is 1. The molecule has 0 aliphatic carbocycles. The largest absolute Gasteiger partial charge is 0.285 e. The molecule has 0 unspecified atom stereocenters. The van der Waals surface area contributed by atoms with E-state index in [1.807, 2.05) is 17.5 Å². The van der Waals surface area contributed by atoms with Crippen LogP contribution in [0.3, 0.4) is 0 Å². The van der Waals surface area contributed by atoms with E-state index in [4.69, 9.17) is 0 Å². The maximum Gasteiger partial charge on any atom is 0.285 e. The highest BCUT2D eigenvalue weighted by Crippen LogP contribution is 2.26. The number of amidine groups is 1. The van der Waals surface area contributed by atoms with Gasteiger partial charge in [0.05, 0.1) is 6.21 Å². The predicted octanol–water partition coefficient (Wildman–Crippen LogP) is 2.16. The van der Waals surface area contributed by atoms with E-state index < -0.39 is 10.0 Å². The molecule has 102 valence electrons. The summed E-state index contributed by atoms with van der Waals surface area (Å²) in [4.78, 5) is 1.22. The average Bonchev–Trinajstić information content (AvgIpc) is 3.03. The lowest BCUT2D eigenvalue weighted by Gasteiger charge is -2.11. The molecule has 0 saturated heterocycles. The Bertz CT molecular complexity index is 793. The molecule has 3 rings (SSSR count). The molecule has 2 heterocycles. The van der Waals surface area contributed by atoms with Crippen LogP contribution in [0.25, 0.3) is 0 Å². The van der Waals surface area contributed by atoms with E-state index in [2.05, 4.69) is 9.50 Å². The topological polar surface area (TPSA) is 62.1 Å². The summed E-state index contributed by atoms with van der Waals surface area (Å²) >= 11 is 1.56. The van der Waals surface area contributed by atoms with E-state index >= 15 is 0 Å². The molecule has 0 bridgehead atoms. The van der Waals surface area contributed by atoms with Crippen LogP contribution in [0.15, 0.2) is 56.2 Å². The van der Waals surface area contributed by atoms with Gasteiger partial charge in [-0.2, -0.15) is 13.5 Å². The van der Waals surface area contributed by atoms with Crippen molar-refractivity contribution in [3.05, 3.63) is 52.2 Å². The zero-order chi connectivity index (χ0) is 14.2. The number of hydrazone groups is 1. The molecule has 0 amide bonds. The summed E-state index contributed by atoms with van der Waals surface area (Å²) < 4.78 is 27.7. The third-order valence-electron chi connectivity index (χ3n) is 2.82. The normalized spacial score (nSPS) is 16.1. The minimum Gasteiger partial charge on any atom is -0.250 e. The van der Waals surface area contributed by atoms with Crippen LogP contribution < -0.4 is 0 Å². The molecule has 1 aliphatic heterocycles. The van der Waals surface area contributed by atoms with Crippen LogP contribution in [0.5, 0.6) is 0 Å². The summed E-state index contributed by atoms with van der Waals surface area (Å²) in [5.41, 5.74) is 0.582. The molecule has 7 heteroatoms. The van der Waals surface area contributed by atoms with Crippen molar-refractivity contribution < 1.29 is 8.42 Å². The monoisotopic (exact) mass is 305 g/mol. The Kier molecular flexibility index (Phi) is 3.15. The first-order chi connectivity index (χ1) is 9.58. The molecule has 20 heavy (non-hydrogen) atoms. The first kappa shape index (κ1) is 13.0. The fraction of sp³-hybridized carbons (Fsp3) is 0.0769. The Morgan fingerprint density at radius 3 is 2.80 bits per heavy atom. The van der Waals surface area contributed by atoms with Crippen molar-refractivity contribution in [1.29, 1.82) is 0 Å². The molecule has 0 radical (unpaired) electrons. The average molecular weight is 305 g/mol. The van der Waals surface area contributed by atoms with E-state index in [-0.39, 0.29) is 4.90 Å². The van der Waals surface area contributed by atoms with Gasteiger partial charge in [-0.05, 0) is 23.6 Å². The van der Waals surface area contributed by atoms with Gasteiger partial charge < -0.3 is 0 Å². The summed E-state index contributed by atoms with van der Waals surface area (Å²) in [6.45, 7) is 0. The lowest BCUT2D eigenvalue weighted by molar-refractivity contribution is 0.549. The first-order valence-corrected chi connectivity index (χ1v) is 8.15. The smallest absolute Gasteiger partial charge is 0.250 e. The Hall–Kier alpha value is -1.99. The second-order valence-electron chi connectivity index (χ2n) is 4.17. The van der Waals surface area contributed by atoms with Gasteiger partial charge in [-0.3, -0.25) is 0 Å². The molecule has 0 N–H and O–H groups in total.